The second-order valence-corrected chi connectivity index (χ2v) is 5.92. The van der Waals surface area contributed by atoms with E-state index in [2.05, 4.69) is 5.32 Å². The van der Waals surface area contributed by atoms with Crippen LogP contribution in [0.1, 0.15) is 23.6 Å². The van der Waals surface area contributed by atoms with Crippen LogP contribution in [0.5, 0.6) is 11.5 Å². The first-order valence-electron chi connectivity index (χ1n) is 8.14. The van der Waals surface area contributed by atoms with Crippen molar-refractivity contribution in [2.45, 2.75) is 33.3 Å². The molecular formula is C20H25NO3. The van der Waals surface area contributed by atoms with Crippen molar-refractivity contribution in [1.29, 1.82) is 0 Å². The van der Waals surface area contributed by atoms with Gasteiger partial charge in [0.25, 0.3) is 5.91 Å². The third-order valence-electron chi connectivity index (χ3n) is 3.89. The Morgan fingerprint density at radius 2 is 1.83 bits per heavy atom. The molecule has 2 aromatic rings. The third-order valence-corrected chi connectivity index (χ3v) is 3.89. The lowest BCUT2D eigenvalue weighted by molar-refractivity contribution is -0.127. The van der Waals surface area contributed by atoms with Crippen molar-refractivity contribution in [2.24, 2.45) is 0 Å². The predicted molar refractivity (Wildman–Crippen MR) is 95.7 cm³/mol. The number of rotatable bonds is 7. The number of amides is 1. The molecule has 0 radical (unpaired) electrons. The highest BCUT2D eigenvalue weighted by Crippen LogP contribution is 2.20. The Balaban J connectivity index is 1.81. The smallest absolute Gasteiger partial charge is 0.260 e. The first-order valence-corrected chi connectivity index (χ1v) is 8.14. The second kappa shape index (κ2) is 8.39. The van der Waals surface area contributed by atoms with Crippen LogP contribution in [0.2, 0.25) is 0 Å². The van der Waals surface area contributed by atoms with Gasteiger partial charge in [-0.05, 0) is 62.1 Å². The Kier molecular flexibility index (Phi) is 6.24. The number of hydrogen-bond acceptors (Lipinski definition) is 3. The summed E-state index contributed by atoms with van der Waals surface area (Å²) in [4.78, 5) is 12.2. The molecule has 2 rings (SSSR count). The molecule has 0 fully saturated rings. The van der Waals surface area contributed by atoms with Gasteiger partial charge in [-0.3, -0.25) is 4.79 Å². The van der Waals surface area contributed by atoms with Gasteiger partial charge < -0.3 is 14.8 Å². The molecule has 1 atom stereocenters. The average molecular weight is 327 g/mol. The molecular weight excluding hydrogens is 302 g/mol. The van der Waals surface area contributed by atoms with E-state index in [-0.39, 0.29) is 5.91 Å². The molecule has 0 aliphatic rings. The molecule has 128 valence electrons. The van der Waals surface area contributed by atoms with Gasteiger partial charge in [0.1, 0.15) is 11.5 Å². The quantitative estimate of drug-likeness (QED) is 0.847. The van der Waals surface area contributed by atoms with Crippen molar-refractivity contribution in [3.63, 3.8) is 0 Å². The number of carbonyl (C=O) groups is 1. The highest BCUT2D eigenvalue weighted by Gasteiger charge is 2.15. The third kappa shape index (κ3) is 5.01. The fraction of sp³-hybridized carbons (Fsp3) is 0.350. The molecule has 0 unspecified atom stereocenters. The summed E-state index contributed by atoms with van der Waals surface area (Å²) >= 11 is 0. The lowest BCUT2D eigenvalue weighted by atomic mass is 10.1. The van der Waals surface area contributed by atoms with Crippen LogP contribution in [-0.2, 0) is 11.2 Å². The Labute approximate surface area is 143 Å². The van der Waals surface area contributed by atoms with Crippen molar-refractivity contribution in [3.05, 3.63) is 59.2 Å². The van der Waals surface area contributed by atoms with Gasteiger partial charge in [0.05, 0.1) is 7.11 Å². The molecule has 0 saturated heterocycles. The molecule has 0 heterocycles. The Morgan fingerprint density at radius 3 is 2.50 bits per heavy atom. The molecule has 4 nitrogen and oxygen atoms in total. The normalized spacial score (nSPS) is 11.7. The van der Waals surface area contributed by atoms with Gasteiger partial charge in [-0.2, -0.15) is 0 Å². The lowest BCUT2D eigenvalue weighted by Gasteiger charge is -2.16. The minimum Gasteiger partial charge on any atom is -0.497 e. The van der Waals surface area contributed by atoms with E-state index in [0.29, 0.717) is 6.54 Å². The summed E-state index contributed by atoms with van der Waals surface area (Å²) in [6, 6.07) is 13.8. The minimum absolute atomic E-state index is 0.107. The van der Waals surface area contributed by atoms with E-state index >= 15 is 0 Å². The van der Waals surface area contributed by atoms with E-state index in [0.717, 1.165) is 34.6 Å². The molecule has 1 N–H and O–H groups in total. The van der Waals surface area contributed by atoms with Crippen LogP contribution in [0.3, 0.4) is 0 Å². The van der Waals surface area contributed by atoms with E-state index in [9.17, 15) is 4.79 Å². The zero-order valence-electron chi connectivity index (χ0n) is 14.8. The summed E-state index contributed by atoms with van der Waals surface area (Å²) in [5.74, 6) is 1.48. The van der Waals surface area contributed by atoms with Gasteiger partial charge in [-0.25, -0.2) is 0 Å². The van der Waals surface area contributed by atoms with Crippen molar-refractivity contribution in [1.82, 2.24) is 5.32 Å². The average Bonchev–Trinajstić information content (AvgIpc) is 2.58. The van der Waals surface area contributed by atoms with Crippen molar-refractivity contribution in [3.8, 4) is 11.5 Å². The number of methoxy groups -OCH3 is 1. The summed E-state index contributed by atoms with van der Waals surface area (Å²) in [7, 11) is 1.65. The molecule has 2 aromatic carbocycles. The second-order valence-electron chi connectivity index (χ2n) is 5.92. The zero-order chi connectivity index (χ0) is 17.5. The molecule has 0 saturated carbocycles. The number of nitrogens with one attached hydrogen (secondary N) is 1. The van der Waals surface area contributed by atoms with Gasteiger partial charge in [0.2, 0.25) is 0 Å². The summed E-state index contributed by atoms with van der Waals surface area (Å²) in [6.07, 6.45) is 0.243. The summed E-state index contributed by atoms with van der Waals surface area (Å²) in [6.45, 7) is 6.32. The highest BCUT2D eigenvalue weighted by molar-refractivity contribution is 5.80. The maximum absolute atomic E-state index is 12.2. The van der Waals surface area contributed by atoms with E-state index in [1.807, 2.05) is 56.3 Å². The van der Waals surface area contributed by atoms with Crippen molar-refractivity contribution >= 4 is 5.91 Å². The first-order chi connectivity index (χ1) is 11.5. The lowest BCUT2D eigenvalue weighted by Crippen LogP contribution is -2.37. The van der Waals surface area contributed by atoms with Crippen LogP contribution in [0.25, 0.3) is 0 Å². The van der Waals surface area contributed by atoms with Crippen LogP contribution in [-0.4, -0.2) is 25.7 Å². The molecule has 0 aromatic heterocycles. The number of benzene rings is 2. The fourth-order valence-electron chi connectivity index (χ4n) is 2.34. The van der Waals surface area contributed by atoms with Gasteiger partial charge in [-0.1, -0.05) is 24.3 Å². The SMILES string of the molecule is COc1ccc(CCNC(=O)[C@@H](C)Oc2cc(C)ccc2C)cc1. The first kappa shape index (κ1) is 17.9. The zero-order valence-corrected chi connectivity index (χ0v) is 14.8. The Hall–Kier alpha value is -2.49. The van der Waals surface area contributed by atoms with E-state index < -0.39 is 6.10 Å². The van der Waals surface area contributed by atoms with Gasteiger partial charge in [0.15, 0.2) is 6.10 Å². The predicted octanol–water partition coefficient (Wildman–Crippen LogP) is 3.44. The topological polar surface area (TPSA) is 47.6 Å². The monoisotopic (exact) mass is 327 g/mol. The van der Waals surface area contributed by atoms with Crippen LogP contribution in [0, 0.1) is 13.8 Å². The van der Waals surface area contributed by atoms with Crippen LogP contribution in [0.4, 0.5) is 0 Å². The minimum atomic E-state index is -0.527. The van der Waals surface area contributed by atoms with E-state index in [1.165, 1.54) is 0 Å². The highest BCUT2D eigenvalue weighted by atomic mass is 16.5. The standard InChI is InChI=1S/C20H25NO3/c1-14-5-6-15(2)19(13-14)24-16(3)20(22)21-12-11-17-7-9-18(23-4)10-8-17/h5-10,13,16H,11-12H2,1-4H3,(H,21,22)/t16-/m1/s1. The molecule has 24 heavy (non-hydrogen) atoms. The molecule has 4 heteroatoms. The fourth-order valence-corrected chi connectivity index (χ4v) is 2.34. The molecule has 0 aliphatic heterocycles. The van der Waals surface area contributed by atoms with Crippen LogP contribution >= 0.6 is 0 Å². The Bertz CT molecular complexity index is 680. The number of hydrogen-bond donors (Lipinski definition) is 1. The molecule has 1 amide bonds. The van der Waals surface area contributed by atoms with E-state index in [1.54, 1.807) is 14.0 Å². The molecule has 0 aliphatic carbocycles. The van der Waals surface area contributed by atoms with E-state index in [4.69, 9.17) is 9.47 Å². The van der Waals surface area contributed by atoms with Gasteiger partial charge in [0, 0.05) is 6.54 Å². The van der Waals surface area contributed by atoms with Gasteiger partial charge >= 0.3 is 0 Å². The Morgan fingerprint density at radius 1 is 1.12 bits per heavy atom. The number of carbonyl (C=O) groups excluding carboxylic acids is 1. The van der Waals surface area contributed by atoms with Crippen molar-refractivity contribution < 1.29 is 14.3 Å². The van der Waals surface area contributed by atoms with Gasteiger partial charge in [-0.15, -0.1) is 0 Å². The van der Waals surface area contributed by atoms with Crippen molar-refractivity contribution in [2.75, 3.05) is 13.7 Å². The summed E-state index contributed by atoms with van der Waals surface area (Å²) < 4.78 is 10.9. The van der Waals surface area contributed by atoms with Crippen LogP contribution < -0.4 is 14.8 Å². The molecule has 0 spiro atoms. The maximum Gasteiger partial charge on any atom is 0.260 e. The summed E-state index contributed by atoms with van der Waals surface area (Å²) in [5.41, 5.74) is 3.29. The summed E-state index contributed by atoms with van der Waals surface area (Å²) in [5, 5.41) is 2.92. The molecule has 0 bridgehead atoms. The number of aryl methyl sites for hydroxylation is 2. The number of ether oxygens (including phenoxy) is 2. The van der Waals surface area contributed by atoms with Crippen LogP contribution in [0.15, 0.2) is 42.5 Å². The largest absolute Gasteiger partial charge is 0.497 e. The maximum atomic E-state index is 12.2.